The van der Waals surface area contributed by atoms with E-state index in [9.17, 15) is 0 Å². The average Bonchev–Trinajstić information content (AvgIpc) is 2.70. The molecule has 1 aliphatic rings. The molecule has 1 saturated heterocycles. The van der Waals surface area contributed by atoms with E-state index >= 15 is 0 Å². The lowest BCUT2D eigenvalue weighted by Gasteiger charge is -2.27. The van der Waals surface area contributed by atoms with Crippen LogP contribution in [0.1, 0.15) is 52.4 Å². The van der Waals surface area contributed by atoms with E-state index in [0.29, 0.717) is 0 Å². The first-order chi connectivity index (χ1) is 7.24. The van der Waals surface area contributed by atoms with Crippen molar-refractivity contribution in [1.82, 2.24) is 10.2 Å². The number of likely N-dealkylation sites (N-methyl/N-ethyl adjacent to an activating group) is 1. The first-order valence-corrected chi connectivity index (χ1v) is 6.67. The van der Waals surface area contributed by atoms with Gasteiger partial charge in [-0.15, -0.1) is 0 Å². The molecule has 1 heterocycles. The first kappa shape index (κ1) is 13.0. The van der Waals surface area contributed by atoms with Crippen molar-refractivity contribution in [2.75, 3.05) is 20.1 Å². The average molecular weight is 212 g/mol. The fourth-order valence-corrected chi connectivity index (χ4v) is 2.35. The summed E-state index contributed by atoms with van der Waals surface area (Å²) in [5, 5.41) is 3.57. The van der Waals surface area contributed by atoms with Crippen molar-refractivity contribution in [2.24, 2.45) is 0 Å². The second kappa shape index (κ2) is 7.24. The molecule has 90 valence electrons. The van der Waals surface area contributed by atoms with Crippen LogP contribution >= 0.6 is 0 Å². The molecule has 15 heavy (non-hydrogen) atoms. The Bertz CT molecular complexity index is 153. The molecule has 2 heteroatoms. The third-order valence-corrected chi connectivity index (χ3v) is 3.65. The normalized spacial score (nSPS) is 23.6. The first-order valence-electron chi connectivity index (χ1n) is 6.67. The van der Waals surface area contributed by atoms with Crippen molar-refractivity contribution in [2.45, 2.75) is 64.5 Å². The SMILES string of the molecule is CCCCCC(C)N(C)CC1CCCN1. The maximum atomic E-state index is 3.57. The van der Waals surface area contributed by atoms with Gasteiger partial charge in [0.25, 0.3) is 0 Å². The van der Waals surface area contributed by atoms with E-state index in [1.807, 2.05) is 0 Å². The van der Waals surface area contributed by atoms with Gasteiger partial charge < -0.3 is 10.2 Å². The Morgan fingerprint density at radius 3 is 2.80 bits per heavy atom. The van der Waals surface area contributed by atoms with E-state index in [4.69, 9.17) is 0 Å². The molecule has 1 rings (SSSR count). The maximum absolute atomic E-state index is 3.57. The minimum Gasteiger partial charge on any atom is -0.313 e. The quantitative estimate of drug-likeness (QED) is 0.653. The highest BCUT2D eigenvalue weighted by molar-refractivity contribution is 4.78. The highest BCUT2D eigenvalue weighted by atomic mass is 15.2. The molecule has 0 spiro atoms. The number of hydrogen-bond acceptors (Lipinski definition) is 2. The van der Waals surface area contributed by atoms with Crippen molar-refractivity contribution < 1.29 is 0 Å². The van der Waals surface area contributed by atoms with Crippen LogP contribution in [0.5, 0.6) is 0 Å². The number of nitrogens with zero attached hydrogens (tertiary/aromatic N) is 1. The van der Waals surface area contributed by atoms with Crippen LogP contribution in [0.15, 0.2) is 0 Å². The molecular weight excluding hydrogens is 184 g/mol. The lowest BCUT2D eigenvalue weighted by molar-refractivity contribution is 0.222. The predicted molar refractivity (Wildman–Crippen MR) is 67.3 cm³/mol. The van der Waals surface area contributed by atoms with E-state index in [0.717, 1.165) is 12.1 Å². The van der Waals surface area contributed by atoms with Crippen molar-refractivity contribution in [3.05, 3.63) is 0 Å². The molecule has 0 saturated carbocycles. The largest absolute Gasteiger partial charge is 0.313 e. The lowest BCUT2D eigenvalue weighted by atomic mass is 10.1. The van der Waals surface area contributed by atoms with E-state index < -0.39 is 0 Å². The molecule has 2 unspecified atom stereocenters. The van der Waals surface area contributed by atoms with Crippen LogP contribution in [-0.2, 0) is 0 Å². The lowest BCUT2D eigenvalue weighted by Crippen LogP contribution is -2.39. The molecule has 0 bridgehead atoms. The molecule has 0 aromatic heterocycles. The third kappa shape index (κ3) is 4.98. The summed E-state index contributed by atoms with van der Waals surface area (Å²) in [5.74, 6) is 0. The van der Waals surface area contributed by atoms with Gasteiger partial charge in [-0.2, -0.15) is 0 Å². The van der Waals surface area contributed by atoms with Crippen LogP contribution in [0, 0.1) is 0 Å². The second-order valence-electron chi connectivity index (χ2n) is 5.08. The molecule has 0 amide bonds. The van der Waals surface area contributed by atoms with Gasteiger partial charge in [-0.1, -0.05) is 26.2 Å². The van der Waals surface area contributed by atoms with Crippen molar-refractivity contribution >= 4 is 0 Å². The molecule has 0 aliphatic carbocycles. The molecule has 0 aromatic rings. The summed E-state index contributed by atoms with van der Waals surface area (Å²) in [6.07, 6.45) is 8.20. The number of hydrogen-bond donors (Lipinski definition) is 1. The Kier molecular flexibility index (Phi) is 6.26. The molecule has 0 aromatic carbocycles. The number of unbranched alkanes of at least 4 members (excludes halogenated alkanes) is 2. The topological polar surface area (TPSA) is 15.3 Å². The van der Waals surface area contributed by atoms with E-state index in [1.54, 1.807) is 0 Å². The van der Waals surface area contributed by atoms with Crippen LogP contribution in [0.4, 0.5) is 0 Å². The van der Waals surface area contributed by atoms with Crippen molar-refractivity contribution in [3.63, 3.8) is 0 Å². The van der Waals surface area contributed by atoms with E-state index in [-0.39, 0.29) is 0 Å². The fourth-order valence-electron chi connectivity index (χ4n) is 2.35. The van der Waals surface area contributed by atoms with Gasteiger partial charge in [0, 0.05) is 18.6 Å². The number of rotatable bonds is 7. The van der Waals surface area contributed by atoms with Crippen LogP contribution < -0.4 is 5.32 Å². The highest BCUT2D eigenvalue weighted by Crippen LogP contribution is 2.11. The van der Waals surface area contributed by atoms with E-state index in [1.165, 1.54) is 51.6 Å². The van der Waals surface area contributed by atoms with Gasteiger partial charge in [-0.3, -0.25) is 0 Å². The van der Waals surface area contributed by atoms with Crippen LogP contribution in [-0.4, -0.2) is 37.1 Å². The smallest absolute Gasteiger partial charge is 0.0195 e. The monoisotopic (exact) mass is 212 g/mol. The zero-order chi connectivity index (χ0) is 11.1. The Hall–Kier alpha value is -0.0800. The van der Waals surface area contributed by atoms with E-state index in [2.05, 4.69) is 31.1 Å². The molecule has 1 fully saturated rings. The van der Waals surface area contributed by atoms with Gasteiger partial charge in [0.05, 0.1) is 0 Å². The van der Waals surface area contributed by atoms with Gasteiger partial charge in [0.15, 0.2) is 0 Å². The minimum absolute atomic E-state index is 0.749. The Morgan fingerprint density at radius 2 is 2.20 bits per heavy atom. The maximum Gasteiger partial charge on any atom is 0.0195 e. The Balaban J connectivity index is 2.11. The zero-order valence-corrected chi connectivity index (χ0v) is 10.8. The van der Waals surface area contributed by atoms with Crippen LogP contribution in [0.25, 0.3) is 0 Å². The highest BCUT2D eigenvalue weighted by Gasteiger charge is 2.18. The summed E-state index contributed by atoms with van der Waals surface area (Å²) in [6, 6.07) is 1.50. The van der Waals surface area contributed by atoms with Crippen LogP contribution in [0.2, 0.25) is 0 Å². The minimum atomic E-state index is 0.749. The zero-order valence-electron chi connectivity index (χ0n) is 10.8. The standard InChI is InChI=1S/C13H28N2/c1-4-5-6-8-12(2)15(3)11-13-9-7-10-14-13/h12-14H,4-11H2,1-3H3. The van der Waals surface area contributed by atoms with Crippen molar-refractivity contribution in [3.8, 4) is 0 Å². The molecule has 0 radical (unpaired) electrons. The number of nitrogens with one attached hydrogen (secondary N) is 1. The predicted octanol–water partition coefficient (Wildman–Crippen LogP) is 2.64. The summed E-state index contributed by atoms with van der Waals surface area (Å²) < 4.78 is 0. The third-order valence-electron chi connectivity index (χ3n) is 3.65. The molecule has 1 aliphatic heterocycles. The molecule has 1 N–H and O–H groups in total. The molecule has 2 nitrogen and oxygen atoms in total. The van der Waals surface area contributed by atoms with Gasteiger partial charge >= 0.3 is 0 Å². The Morgan fingerprint density at radius 1 is 1.40 bits per heavy atom. The summed E-state index contributed by atoms with van der Waals surface area (Å²) in [4.78, 5) is 2.53. The summed E-state index contributed by atoms with van der Waals surface area (Å²) in [6.45, 7) is 7.09. The van der Waals surface area contributed by atoms with Gasteiger partial charge in [-0.25, -0.2) is 0 Å². The van der Waals surface area contributed by atoms with Crippen LogP contribution in [0.3, 0.4) is 0 Å². The molecule has 2 atom stereocenters. The van der Waals surface area contributed by atoms with Crippen molar-refractivity contribution in [1.29, 1.82) is 0 Å². The van der Waals surface area contributed by atoms with Gasteiger partial charge in [-0.05, 0) is 39.8 Å². The Labute approximate surface area is 95.4 Å². The fraction of sp³-hybridized carbons (Fsp3) is 1.00. The second-order valence-corrected chi connectivity index (χ2v) is 5.08. The summed E-state index contributed by atoms with van der Waals surface area (Å²) in [5.41, 5.74) is 0. The summed E-state index contributed by atoms with van der Waals surface area (Å²) in [7, 11) is 2.27. The van der Waals surface area contributed by atoms with Gasteiger partial charge in [0.1, 0.15) is 0 Å². The molecular formula is C13H28N2. The summed E-state index contributed by atoms with van der Waals surface area (Å²) >= 11 is 0. The van der Waals surface area contributed by atoms with Gasteiger partial charge in [0.2, 0.25) is 0 Å².